The smallest absolute Gasteiger partial charge is 0.163 e. The second kappa shape index (κ2) is 6.57. The fraction of sp³-hybridized carbons (Fsp3) is 0.588. The molecule has 1 saturated carbocycles. The minimum atomic E-state index is 0.546. The Labute approximate surface area is 131 Å². The van der Waals surface area contributed by atoms with Crippen molar-refractivity contribution in [3.8, 4) is 11.5 Å². The van der Waals surface area contributed by atoms with Gasteiger partial charge in [-0.1, -0.05) is 19.3 Å². The minimum Gasteiger partial charge on any atom is -0.493 e. The van der Waals surface area contributed by atoms with E-state index in [1.54, 1.807) is 14.2 Å². The van der Waals surface area contributed by atoms with Gasteiger partial charge in [0.25, 0.3) is 0 Å². The Balaban J connectivity index is 2.12. The first kappa shape index (κ1) is 15.2. The van der Waals surface area contributed by atoms with Crippen molar-refractivity contribution in [2.45, 2.75) is 44.6 Å². The molecule has 1 aromatic carbocycles. The summed E-state index contributed by atoms with van der Waals surface area (Å²) in [6, 6.07) is 3.98. The van der Waals surface area contributed by atoms with Gasteiger partial charge in [-0.15, -0.1) is 0 Å². The maximum atomic E-state index is 5.83. The van der Waals surface area contributed by atoms with Crippen molar-refractivity contribution in [1.82, 2.24) is 9.55 Å². The Hall–Kier alpha value is -1.75. The van der Waals surface area contributed by atoms with Crippen molar-refractivity contribution in [2.75, 3.05) is 20.8 Å². The van der Waals surface area contributed by atoms with E-state index >= 15 is 0 Å². The zero-order valence-electron chi connectivity index (χ0n) is 13.5. The highest BCUT2D eigenvalue weighted by Gasteiger charge is 2.23. The van der Waals surface area contributed by atoms with Crippen molar-refractivity contribution in [3.63, 3.8) is 0 Å². The Kier molecular flexibility index (Phi) is 4.52. The molecule has 0 amide bonds. The molecule has 1 fully saturated rings. The number of nitrogens with zero attached hydrogens (tertiary/aromatic N) is 2. The van der Waals surface area contributed by atoms with Gasteiger partial charge in [-0.3, -0.25) is 0 Å². The summed E-state index contributed by atoms with van der Waals surface area (Å²) in [7, 11) is 3.32. The van der Waals surface area contributed by atoms with Crippen molar-refractivity contribution < 1.29 is 9.47 Å². The molecule has 0 aliphatic heterocycles. The topological polar surface area (TPSA) is 62.3 Å². The van der Waals surface area contributed by atoms with Gasteiger partial charge >= 0.3 is 0 Å². The average Bonchev–Trinajstić information content (AvgIpc) is 2.92. The van der Waals surface area contributed by atoms with E-state index in [4.69, 9.17) is 20.2 Å². The fourth-order valence-electron chi connectivity index (χ4n) is 3.51. The molecule has 0 atom stereocenters. The van der Waals surface area contributed by atoms with Gasteiger partial charge < -0.3 is 19.8 Å². The van der Waals surface area contributed by atoms with Crippen molar-refractivity contribution >= 4 is 11.0 Å². The quantitative estimate of drug-likeness (QED) is 0.922. The van der Waals surface area contributed by atoms with Crippen LogP contribution in [-0.2, 0) is 6.54 Å². The van der Waals surface area contributed by atoms with Gasteiger partial charge in [0.15, 0.2) is 11.5 Å². The fourth-order valence-corrected chi connectivity index (χ4v) is 3.51. The molecule has 5 heteroatoms. The molecule has 1 aliphatic carbocycles. The summed E-state index contributed by atoms with van der Waals surface area (Å²) in [6.45, 7) is 1.40. The van der Waals surface area contributed by atoms with E-state index in [9.17, 15) is 0 Å². The molecule has 2 aromatic rings. The van der Waals surface area contributed by atoms with Gasteiger partial charge in [0.05, 0.1) is 25.3 Å². The summed E-state index contributed by atoms with van der Waals surface area (Å²) in [5, 5.41) is 0. The van der Waals surface area contributed by atoms with E-state index in [0.29, 0.717) is 12.5 Å². The van der Waals surface area contributed by atoms with Crippen molar-refractivity contribution in [2.24, 2.45) is 5.73 Å². The molecule has 0 radical (unpaired) electrons. The molecule has 0 unspecified atom stereocenters. The summed E-state index contributed by atoms with van der Waals surface area (Å²) in [5.74, 6) is 3.19. The van der Waals surface area contributed by atoms with Crippen LogP contribution in [0.2, 0.25) is 0 Å². The van der Waals surface area contributed by atoms with E-state index in [1.165, 1.54) is 37.9 Å². The molecule has 0 spiro atoms. The number of fused-ring (bicyclic) bond motifs is 1. The molecular weight excluding hydrogens is 278 g/mol. The molecule has 5 nitrogen and oxygen atoms in total. The highest BCUT2D eigenvalue weighted by Crippen LogP contribution is 2.37. The van der Waals surface area contributed by atoms with Crippen LogP contribution in [0.5, 0.6) is 11.5 Å². The van der Waals surface area contributed by atoms with Crippen molar-refractivity contribution in [3.05, 3.63) is 18.0 Å². The predicted molar refractivity (Wildman–Crippen MR) is 87.7 cm³/mol. The van der Waals surface area contributed by atoms with E-state index in [2.05, 4.69) is 4.57 Å². The van der Waals surface area contributed by atoms with Crippen LogP contribution in [0.3, 0.4) is 0 Å². The summed E-state index contributed by atoms with van der Waals surface area (Å²) < 4.78 is 13.1. The first-order chi connectivity index (χ1) is 10.8. The molecule has 2 N–H and O–H groups in total. The number of benzene rings is 1. The SMILES string of the molecule is COc1cc2nc(C3CCCCC3)n(CCN)c2cc1OC. The summed E-state index contributed by atoms with van der Waals surface area (Å²) >= 11 is 0. The lowest BCUT2D eigenvalue weighted by molar-refractivity contribution is 0.355. The van der Waals surface area contributed by atoms with Crippen LogP contribution in [0, 0.1) is 0 Å². The van der Waals surface area contributed by atoms with Gasteiger partial charge in [-0.05, 0) is 12.8 Å². The van der Waals surface area contributed by atoms with Gasteiger partial charge in [0.1, 0.15) is 5.82 Å². The Bertz CT molecular complexity index is 645. The molecule has 0 saturated heterocycles. The largest absolute Gasteiger partial charge is 0.493 e. The Morgan fingerprint density at radius 2 is 1.82 bits per heavy atom. The van der Waals surface area contributed by atoms with E-state index in [0.717, 1.165) is 29.1 Å². The van der Waals surface area contributed by atoms with Crippen LogP contribution in [0.15, 0.2) is 12.1 Å². The molecule has 120 valence electrons. The number of ether oxygens (including phenoxy) is 2. The predicted octanol–water partition coefficient (Wildman–Crippen LogP) is 3.06. The van der Waals surface area contributed by atoms with Crippen LogP contribution in [0.25, 0.3) is 11.0 Å². The lowest BCUT2D eigenvalue weighted by atomic mass is 9.88. The highest BCUT2D eigenvalue weighted by molar-refractivity contribution is 5.80. The van der Waals surface area contributed by atoms with E-state index < -0.39 is 0 Å². The number of imidazole rings is 1. The Morgan fingerprint density at radius 3 is 2.45 bits per heavy atom. The average molecular weight is 303 g/mol. The maximum absolute atomic E-state index is 5.83. The molecular formula is C17H25N3O2. The third-order valence-electron chi connectivity index (χ3n) is 4.61. The van der Waals surface area contributed by atoms with Gasteiger partial charge in [-0.25, -0.2) is 4.98 Å². The number of aromatic nitrogens is 2. The molecule has 0 bridgehead atoms. The normalized spacial score (nSPS) is 16.1. The van der Waals surface area contributed by atoms with E-state index in [-0.39, 0.29) is 0 Å². The Morgan fingerprint density at radius 1 is 1.14 bits per heavy atom. The summed E-state index contributed by atoms with van der Waals surface area (Å²) in [4.78, 5) is 4.91. The van der Waals surface area contributed by atoms with Crippen LogP contribution in [0.1, 0.15) is 43.8 Å². The number of hydrogen-bond acceptors (Lipinski definition) is 4. The third kappa shape index (κ3) is 2.65. The first-order valence-electron chi connectivity index (χ1n) is 8.10. The molecule has 22 heavy (non-hydrogen) atoms. The van der Waals surface area contributed by atoms with Crippen LogP contribution >= 0.6 is 0 Å². The summed E-state index contributed by atoms with van der Waals surface area (Å²) in [6.07, 6.45) is 6.38. The number of rotatable bonds is 5. The lowest BCUT2D eigenvalue weighted by Gasteiger charge is -2.22. The van der Waals surface area contributed by atoms with E-state index in [1.807, 2.05) is 12.1 Å². The van der Waals surface area contributed by atoms with Crippen LogP contribution in [-0.4, -0.2) is 30.3 Å². The molecule has 1 aliphatic rings. The first-order valence-corrected chi connectivity index (χ1v) is 8.10. The molecule has 3 rings (SSSR count). The van der Waals surface area contributed by atoms with Gasteiger partial charge in [0, 0.05) is 31.1 Å². The highest BCUT2D eigenvalue weighted by atomic mass is 16.5. The van der Waals surface area contributed by atoms with Gasteiger partial charge in [0.2, 0.25) is 0 Å². The lowest BCUT2D eigenvalue weighted by Crippen LogP contribution is -2.16. The number of methoxy groups -OCH3 is 2. The number of hydrogen-bond donors (Lipinski definition) is 1. The maximum Gasteiger partial charge on any atom is 0.163 e. The zero-order valence-corrected chi connectivity index (χ0v) is 13.5. The minimum absolute atomic E-state index is 0.546. The number of nitrogens with two attached hydrogens (primary N) is 1. The van der Waals surface area contributed by atoms with Crippen LogP contribution in [0.4, 0.5) is 0 Å². The second-order valence-corrected chi connectivity index (χ2v) is 5.94. The monoisotopic (exact) mass is 303 g/mol. The zero-order chi connectivity index (χ0) is 15.5. The second-order valence-electron chi connectivity index (χ2n) is 5.94. The van der Waals surface area contributed by atoms with Gasteiger partial charge in [-0.2, -0.15) is 0 Å². The van der Waals surface area contributed by atoms with Crippen LogP contribution < -0.4 is 15.2 Å². The standard InChI is InChI=1S/C17H25N3O2/c1-21-15-10-13-14(11-16(15)22-2)20(9-8-18)17(19-13)12-6-4-3-5-7-12/h10-12H,3-9,18H2,1-2H3. The summed E-state index contributed by atoms with van der Waals surface area (Å²) in [5.41, 5.74) is 7.88. The molecule has 1 heterocycles. The van der Waals surface area contributed by atoms with Crippen molar-refractivity contribution in [1.29, 1.82) is 0 Å². The third-order valence-corrected chi connectivity index (χ3v) is 4.61. The molecule has 1 aromatic heterocycles.